The van der Waals surface area contributed by atoms with Crippen molar-refractivity contribution in [2.75, 3.05) is 19.6 Å². The standard InChI is InChI=1S/C20H24N2O2S/c23-16-4-3-12-22(14-16)13-11-15-7-9-17(10-8-15)24-20-21-18-5-1-2-6-19(18)25-20/h1,5,7-10,16,23H,2-4,6,11-14H2. The second-order valence-corrected chi connectivity index (χ2v) is 7.87. The molecule has 1 N–H and O–H groups in total. The van der Waals surface area contributed by atoms with Crippen molar-refractivity contribution < 1.29 is 9.84 Å². The third kappa shape index (κ3) is 4.29. The Morgan fingerprint density at radius 2 is 2.16 bits per heavy atom. The molecule has 4 nitrogen and oxygen atoms in total. The van der Waals surface area contributed by atoms with Crippen molar-refractivity contribution in [3.8, 4) is 10.9 Å². The summed E-state index contributed by atoms with van der Waals surface area (Å²) in [5, 5.41) is 10.5. The summed E-state index contributed by atoms with van der Waals surface area (Å²) in [5.41, 5.74) is 2.36. The number of piperidine rings is 1. The monoisotopic (exact) mass is 356 g/mol. The Bertz CT molecular complexity index is 739. The predicted octanol–water partition coefficient (Wildman–Crippen LogP) is 3.89. The van der Waals surface area contributed by atoms with E-state index in [1.807, 2.05) is 12.1 Å². The number of aliphatic hydroxyl groups excluding tert-OH is 1. The zero-order chi connectivity index (χ0) is 17.1. The summed E-state index contributed by atoms with van der Waals surface area (Å²) >= 11 is 1.65. The van der Waals surface area contributed by atoms with Gasteiger partial charge in [-0.1, -0.05) is 29.5 Å². The van der Waals surface area contributed by atoms with Crippen LogP contribution in [-0.2, 0) is 12.8 Å². The van der Waals surface area contributed by atoms with Crippen molar-refractivity contribution in [2.45, 2.75) is 38.2 Å². The molecule has 1 saturated heterocycles. The van der Waals surface area contributed by atoms with E-state index in [2.05, 4.69) is 34.2 Å². The fourth-order valence-corrected chi connectivity index (χ4v) is 4.38. The van der Waals surface area contributed by atoms with Crippen molar-refractivity contribution in [2.24, 2.45) is 0 Å². The highest BCUT2D eigenvalue weighted by Gasteiger charge is 2.17. The number of thiazole rings is 1. The van der Waals surface area contributed by atoms with Crippen LogP contribution in [-0.4, -0.2) is 40.7 Å². The van der Waals surface area contributed by atoms with Crippen molar-refractivity contribution in [1.29, 1.82) is 0 Å². The Hall–Kier alpha value is -1.69. The van der Waals surface area contributed by atoms with E-state index in [1.165, 1.54) is 10.4 Å². The Labute approximate surface area is 152 Å². The molecule has 2 heterocycles. The van der Waals surface area contributed by atoms with Gasteiger partial charge in [-0.3, -0.25) is 0 Å². The maximum Gasteiger partial charge on any atom is 0.279 e. The van der Waals surface area contributed by atoms with E-state index in [-0.39, 0.29) is 6.10 Å². The number of benzene rings is 1. The first-order valence-electron chi connectivity index (χ1n) is 9.10. The molecule has 0 amide bonds. The van der Waals surface area contributed by atoms with Crippen molar-refractivity contribution >= 4 is 17.4 Å². The first-order chi connectivity index (χ1) is 12.3. The summed E-state index contributed by atoms with van der Waals surface area (Å²) in [6.07, 6.45) is 9.31. The number of nitrogens with zero attached hydrogens (tertiary/aromatic N) is 2. The van der Waals surface area contributed by atoms with Gasteiger partial charge < -0.3 is 14.7 Å². The molecule has 132 valence electrons. The van der Waals surface area contributed by atoms with Crippen LogP contribution >= 0.6 is 11.3 Å². The number of hydrogen-bond acceptors (Lipinski definition) is 5. The maximum atomic E-state index is 9.75. The molecule has 5 heteroatoms. The average molecular weight is 356 g/mol. The van der Waals surface area contributed by atoms with Gasteiger partial charge in [-0.15, -0.1) is 0 Å². The second-order valence-electron chi connectivity index (χ2n) is 6.82. The molecule has 0 saturated carbocycles. The lowest BCUT2D eigenvalue weighted by Gasteiger charge is -2.29. The van der Waals surface area contributed by atoms with Gasteiger partial charge in [-0.25, -0.2) is 4.98 Å². The number of rotatable bonds is 5. The van der Waals surface area contributed by atoms with Crippen LogP contribution in [0, 0.1) is 0 Å². The molecule has 1 aromatic carbocycles. The topological polar surface area (TPSA) is 45.6 Å². The molecule has 0 radical (unpaired) electrons. The molecular weight excluding hydrogens is 332 g/mol. The molecule has 4 rings (SSSR count). The number of ether oxygens (including phenoxy) is 1. The lowest BCUT2D eigenvalue weighted by molar-refractivity contribution is 0.0714. The van der Waals surface area contributed by atoms with Crippen LogP contribution in [0.3, 0.4) is 0 Å². The molecule has 1 fully saturated rings. The van der Waals surface area contributed by atoms with Gasteiger partial charge in [0.05, 0.1) is 11.8 Å². The normalized spacial score (nSPS) is 20.4. The summed E-state index contributed by atoms with van der Waals surface area (Å²) in [6, 6.07) is 8.31. The molecule has 1 atom stereocenters. The van der Waals surface area contributed by atoms with Crippen molar-refractivity contribution in [3.63, 3.8) is 0 Å². The van der Waals surface area contributed by atoms with Gasteiger partial charge in [-0.05, 0) is 62.4 Å². The highest BCUT2D eigenvalue weighted by molar-refractivity contribution is 7.13. The van der Waals surface area contributed by atoms with Crippen LogP contribution in [0.1, 0.15) is 35.4 Å². The van der Waals surface area contributed by atoms with Crippen LogP contribution < -0.4 is 4.74 Å². The van der Waals surface area contributed by atoms with E-state index in [9.17, 15) is 5.11 Å². The summed E-state index contributed by atoms with van der Waals surface area (Å²) in [4.78, 5) is 8.22. The third-order valence-electron chi connectivity index (χ3n) is 4.85. The van der Waals surface area contributed by atoms with Gasteiger partial charge in [0.2, 0.25) is 0 Å². The quantitative estimate of drug-likeness (QED) is 0.883. The van der Waals surface area contributed by atoms with E-state index in [1.54, 1.807) is 11.3 Å². The number of allylic oxidation sites excluding steroid dienone is 1. The van der Waals surface area contributed by atoms with Crippen molar-refractivity contribution in [3.05, 3.63) is 46.5 Å². The van der Waals surface area contributed by atoms with Gasteiger partial charge >= 0.3 is 0 Å². The molecule has 2 aliphatic rings. The number of β-amino-alcohol motifs (C(OH)–C–C–N with tert-alkyl or cyclic N) is 1. The van der Waals surface area contributed by atoms with Gasteiger partial charge in [0.15, 0.2) is 0 Å². The number of likely N-dealkylation sites (tertiary alicyclic amines) is 1. The number of aliphatic hydroxyl groups is 1. The fraction of sp³-hybridized carbons (Fsp3) is 0.450. The maximum absolute atomic E-state index is 9.75. The largest absolute Gasteiger partial charge is 0.431 e. The Morgan fingerprint density at radius 3 is 2.96 bits per heavy atom. The van der Waals surface area contributed by atoms with E-state index in [0.29, 0.717) is 0 Å². The molecule has 25 heavy (non-hydrogen) atoms. The highest BCUT2D eigenvalue weighted by atomic mass is 32.1. The lowest BCUT2D eigenvalue weighted by Crippen LogP contribution is -2.39. The number of aromatic nitrogens is 1. The first kappa shape index (κ1) is 16.8. The molecule has 1 aromatic heterocycles. The van der Waals surface area contributed by atoms with E-state index in [4.69, 9.17) is 4.74 Å². The summed E-state index contributed by atoms with van der Waals surface area (Å²) in [5.74, 6) is 0.840. The van der Waals surface area contributed by atoms with Gasteiger partial charge in [0, 0.05) is 18.0 Å². The Morgan fingerprint density at radius 1 is 1.28 bits per heavy atom. The van der Waals surface area contributed by atoms with E-state index in [0.717, 1.165) is 68.4 Å². The molecule has 1 unspecified atom stereocenters. The van der Waals surface area contributed by atoms with Crippen LogP contribution in [0.2, 0.25) is 0 Å². The van der Waals surface area contributed by atoms with Crippen LogP contribution in [0.25, 0.3) is 6.08 Å². The SMILES string of the molecule is OC1CCCN(CCc2ccc(Oc3nc4c(s3)CCC=C4)cc2)C1. The average Bonchev–Trinajstić information content (AvgIpc) is 3.03. The first-order valence-corrected chi connectivity index (χ1v) is 9.91. The Kier molecular flexibility index (Phi) is 5.15. The molecule has 1 aliphatic heterocycles. The van der Waals surface area contributed by atoms with E-state index < -0.39 is 0 Å². The minimum Gasteiger partial charge on any atom is -0.431 e. The zero-order valence-electron chi connectivity index (χ0n) is 14.4. The lowest BCUT2D eigenvalue weighted by atomic mass is 10.1. The minimum absolute atomic E-state index is 0.150. The highest BCUT2D eigenvalue weighted by Crippen LogP contribution is 2.32. The minimum atomic E-state index is -0.150. The molecule has 2 aromatic rings. The third-order valence-corrected chi connectivity index (χ3v) is 5.86. The number of fused-ring (bicyclic) bond motifs is 1. The van der Waals surface area contributed by atoms with Gasteiger partial charge in [0.1, 0.15) is 5.75 Å². The van der Waals surface area contributed by atoms with Crippen molar-refractivity contribution in [1.82, 2.24) is 9.88 Å². The molecule has 0 spiro atoms. The van der Waals surface area contributed by atoms with Crippen LogP contribution in [0.15, 0.2) is 30.3 Å². The number of hydrogen-bond donors (Lipinski definition) is 1. The Balaban J connectivity index is 1.32. The predicted molar refractivity (Wildman–Crippen MR) is 101 cm³/mol. The fourth-order valence-electron chi connectivity index (χ4n) is 3.45. The molecule has 0 bridgehead atoms. The van der Waals surface area contributed by atoms with Gasteiger partial charge in [-0.2, -0.15) is 0 Å². The van der Waals surface area contributed by atoms with Crippen LogP contribution in [0.5, 0.6) is 10.9 Å². The smallest absolute Gasteiger partial charge is 0.279 e. The number of aryl methyl sites for hydroxylation is 1. The van der Waals surface area contributed by atoms with Gasteiger partial charge in [0.25, 0.3) is 5.19 Å². The zero-order valence-corrected chi connectivity index (χ0v) is 15.2. The second kappa shape index (κ2) is 7.68. The molecular formula is C20H24N2O2S. The summed E-state index contributed by atoms with van der Waals surface area (Å²) in [7, 11) is 0. The summed E-state index contributed by atoms with van der Waals surface area (Å²) < 4.78 is 5.92. The van der Waals surface area contributed by atoms with Crippen LogP contribution in [0.4, 0.5) is 0 Å². The summed E-state index contributed by atoms with van der Waals surface area (Å²) in [6.45, 7) is 2.91. The van der Waals surface area contributed by atoms with E-state index >= 15 is 0 Å². The molecule has 1 aliphatic carbocycles.